The number of hydrogen-bond donors (Lipinski definition) is 1. The van der Waals surface area contributed by atoms with Gasteiger partial charge in [0.05, 0.1) is 17.5 Å². The van der Waals surface area contributed by atoms with E-state index in [1.54, 1.807) is 29.4 Å². The van der Waals surface area contributed by atoms with Gasteiger partial charge in [-0.2, -0.15) is 0 Å². The Kier molecular flexibility index (Phi) is 4.60. The third-order valence-electron chi connectivity index (χ3n) is 3.25. The molecule has 0 unspecified atom stereocenters. The van der Waals surface area contributed by atoms with Crippen molar-refractivity contribution in [3.05, 3.63) is 65.1 Å². The van der Waals surface area contributed by atoms with E-state index in [4.69, 9.17) is 0 Å². The number of carbonyl (C=O) groups excluding carboxylic acids is 1. The minimum absolute atomic E-state index is 0.00959. The van der Waals surface area contributed by atoms with Gasteiger partial charge in [0.15, 0.2) is 0 Å². The summed E-state index contributed by atoms with van der Waals surface area (Å²) in [6, 6.07) is 7.87. The van der Waals surface area contributed by atoms with Crippen molar-refractivity contribution in [1.82, 2.24) is 14.5 Å². The summed E-state index contributed by atoms with van der Waals surface area (Å²) in [6.07, 6.45) is 6.59. The van der Waals surface area contributed by atoms with Crippen LogP contribution in [0.1, 0.15) is 17.7 Å². The highest BCUT2D eigenvalue weighted by atomic mass is 32.1. The lowest BCUT2D eigenvalue weighted by atomic mass is 10.2. The summed E-state index contributed by atoms with van der Waals surface area (Å²) in [5.41, 5.74) is 4.73. The molecule has 3 aromatic rings. The van der Waals surface area contributed by atoms with Gasteiger partial charge in [-0.3, -0.25) is 4.79 Å². The van der Waals surface area contributed by atoms with Crippen molar-refractivity contribution in [1.29, 1.82) is 0 Å². The number of thiazole rings is 1. The maximum Gasteiger partial charge on any atom is 0.224 e. The van der Waals surface area contributed by atoms with Crippen molar-refractivity contribution in [2.45, 2.75) is 19.4 Å². The van der Waals surface area contributed by atoms with E-state index >= 15 is 0 Å². The summed E-state index contributed by atoms with van der Waals surface area (Å²) in [4.78, 5) is 20.1. The molecule has 1 N–H and O–H groups in total. The van der Waals surface area contributed by atoms with Gasteiger partial charge in [0.25, 0.3) is 0 Å². The first-order valence-corrected chi connectivity index (χ1v) is 7.95. The molecule has 0 aliphatic heterocycles. The minimum atomic E-state index is 0.00959. The molecule has 1 amide bonds. The van der Waals surface area contributed by atoms with Gasteiger partial charge in [0.2, 0.25) is 5.91 Å². The molecule has 3 rings (SSSR count). The van der Waals surface area contributed by atoms with Crippen molar-refractivity contribution in [2.24, 2.45) is 0 Å². The van der Waals surface area contributed by atoms with Gasteiger partial charge in [-0.25, -0.2) is 9.97 Å². The molecule has 2 aromatic heterocycles. The standard InChI is InChI=1S/C16H16N4OS/c21-16(6-5-15-10-22-12-18-15)19-14-3-1-13(2-4-14)9-20-8-7-17-11-20/h1-4,7-8,10-12H,5-6,9H2,(H,19,21). The number of hydrogen-bond acceptors (Lipinski definition) is 4. The number of amides is 1. The van der Waals surface area contributed by atoms with Crippen molar-refractivity contribution >= 4 is 22.9 Å². The van der Waals surface area contributed by atoms with Gasteiger partial charge < -0.3 is 9.88 Å². The van der Waals surface area contributed by atoms with Crippen molar-refractivity contribution < 1.29 is 4.79 Å². The Morgan fingerprint density at radius 1 is 1.27 bits per heavy atom. The second kappa shape index (κ2) is 7.00. The smallest absolute Gasteiger partial charge is 0.224 e. The van der Waals surface area contributed by atoms with Gasteiger partial charge in [0.1, 0.15) is 0 Å². The maximum atomic E-state index is 11.9. The molecule has 5 nitrogen and oxygen atoms in total. The van der Waals surface area contributed by atoms with E-state index in [9.17, 15) is 4.79 Å². The van der Waals surface area contributed by atoms with Crippen LogP contribution in [0.15, 0.2) is 53.9 Å². The average Bonchev–Trinajstić information content (AvgIpc) is 3.20. The lowest BCUT2D eigenvalue weighted by Gasteiger charge is -2.07. The monoisotopic (exact) mass is 312 g/mol. The van der Waals surface area contributed by atoms with E-state index < -0.39 is 0 Å². The van der Waals surface area contributed by atoms with Crippen LogP contribution in [0.25, 0.3) is 0 Å². The highest BCUT2D eigenvalue weighted by Gasteiger charge is 2.04. The summed E-state index contributed by atoms with van der Waals surface area (Å²) in [7, 11) is 0. The van der Waals surface area contributed by atoms with Crippen LogP contribution in [0.2, 0.25) is 0 Å². The van der Waals surface area contributed by atoms with E-state index in [1.807, 2.05) is 40.4 Å². The Morgan fingerprint density at radius 3 is 2.82 bits per heavy atom. The third kappa shape index (κ3) is 4.02. The third-order valence-corrected chi connectivity index (χ3v) is 3.89. The van der Waals surface area contributed by atoms with E-state index in [1.165, 1.54) is 5.56 Å². The summed E-state index contributed by atoms with van der Waals surface area (Å²) >= 11 is 1.55. The number of aryl methyl sites for hydroxylation is 1. The Balaban J connectivity index is 1.51. The van der Waals surface area contributed by atoms with Crippen LogP contribution in [0.5, 0.6) is 0 Å². The number of imidazole rings is 1. The van der Waals surface area contributed by atoms with Crippen LogP contribution in [-0.4, -0.2) is 20.4 Å². The number of anilines is 1. The van der Waals surface area contributed by atoms with Crippen LogP contribution < -0.4 is 5.32 Å². The normalized spacial score (nSPS) is 10.5. The van der Waals surface area contributed by atoms with Crippen LogP contribution >= 0.6 is 11.3 Å². The fourth-order valence-electron chi connectivity index (χ4n) is 2.11. The van der Waals surface area contributed by atoms with Crippen molar-refractivity contribution in [3.63, 3.8) is 0 Å². The summed E-state index contributed by atoms with van der Waals surface area (Å²) in [5, 5.41) is 4.88. The van der Waals surface area contributed by atoms with Gasteiger partial charge in [-0.1, -0.05) is 12.1 Å². The topological polar surface area (TPSA) is 59.8 Å². The zero-order chi connectivity index (χ0) is 15.2. The molecule has 0 aliphatic carbocycles. The molecule has 0 aliphatic rings. The quantitative estimate of drug-likeness (QED) is 0.761. The van der Waals surface area contributed by atoms with Crippen LogP contribution in [0, 0.1) is 0 Å². The van der Waals surface area contributed by atoms with Crippen LogP contribution in [0.3, 0.4) is 0 Å². The SMILES string of the molecule is O=C(CCc1cscn1)Nc1ccc(Cn2ccnc2)cc1. The highest BCUT2D eigenvalue weighted by Crippen LogP contribution is 2.12. The van der Waals surface area contributed by atoms with Crippen LogP contribution in [0.4, 0.5) is 5.69 Å². The Morgan fingerprint density at radius 2 is 2.14 bits per heavy atom. The Hall–Kier alpha value is -2.47. The first kappa shape index (κ1) is 14.5. The van der Waals surface area contributed by atoms with Gasteiger partial charge in [-0.15, -0.1) is 11.3 Å². The Labute approximate surface area is 132 Å². The molecule has 0 bridgehead atoms. The van der Waals surface area contributed by atoms with E-state index in [0.29, 0.717) is 12.8 Å². The number of carbonyl (C=O) groups is 1. The van der Waals surface area contributed by atoms with Crippen LogP contribution in [-0.2, 0) is 17.8 Å². The molecule has 0 radical (unpaired) electrons. The number of benzene rings is 1. The molecule has 0 atom stereocenters. The highest BCUT2D eigenvalue weighted by molar-refractivity contribution is 7.07. The zero-order valence-electron chi connectivity index (χ0n) is 12.0. The molecule has 1 aromatic carbocycles. The lowest BCUT2D eigenvalue weighted by Crippen LogP contribution is -2.12. The molecular formula is C16H16N4OS. The number of nitrogens with one attached hydrogen (secondary N) is 1. The van der Waals surface area contributed by atoms with Gasteiger partial charge in [-0.05, 0) is 24.1 Å². The molecule has 2 heterocycles. The first-order chi connectivity index (χ1) is 10.8. The fourth-order valence-corrected chi connectivity index (χ4v) is 2.70. The molecule has 0 saturated carbocycles. The molecule has 22 heavy (non-hydrogen) atoms. The van der Waals surface area contributed by atoms with E-state index in [-0.39, 0.29) is 5.91 Å². The first-order valence-electron chi connectivity index (χ1n) is 7.01. The molecule has 6 heteroatoms. The minimum Gasteiger partial charge on any atom is -0.333 e. The second-order valence-electron chi connectivity index (χ2n) is 4.96. The fraction of sp³-hybridized carbons (Fsp3) is 0.188. The van der Waals surface area contributed by atoms with Crippen molar-refractivity contribution in [2.75, 3.05) is 5.32 Å². The van der Waals surface area contributed by atoms with E-state index in [0.717, 1.165) is 17.9 Å². The predicted octanol–water partition coefficient (Wildman–Crippen LogP) is 2.96. The summed E-state index contributed by atoms with van der Waals surface area (Å²) in [5.74, 6) is 0.00959. The summed E-state index contributed by atoms with van der Waals surface area (Å²) < 4.78 is 2.00. The Bertz CT molecular complexity index is 705. The van der Waals surface area contributed by atoms with E-state index in [2.05, 4.69) is 15.3 Å². The van der Waals surface area contributed by atoms with Crippen molar-refractivity contribution in [3.8, 4) is 0 Å². The second-order valence-corrected chi connectivity index (χ2v) is 5.68. The summed E-state index contributed by atoms with van der Waals surface area (Å²) in [6.45, 7) is 0.776. The number of rotatable bonds is 6. The molecule has 0 saturated heterocycles. The average molecular weight is 312 g/mol. The van der Waals surface area contributed by atoms with Gasteiger partial charge in [0, 0.05) is 36.4 Å². The maximum absolute atomic E-state index is 11.9. The lowest BCUT2D eigenvalue weighted by molar-refractivity contribution is -0.116. The predicted molar refractivity (Wildman–Crippen MR) is 86.8 cm³/mol. The molecule has 0 spiro atoms. The molecular weight excluding hydrogens is 296 g/mol. The number of nitrogens with zero attached hydrogens (tertiary/aromatic N) is 3. The molecule has 112 valence electrons. The largest absolute Gasteiger partial charge is 0.333 e. The number of aromatic nitrogens is 3. The molecule has 0 fully saturated rings. The zero-order valence-corrected chi connectivity index (χ0v) is 12.8. The van der Waals surface area contributed by atoms with Gasteiger partial charge >= 0.3 is 0 Å².